The van der Waals surface area contributed by atoms with E-state index in [0.717, 1.165) is 35.8 Å². The number of rotatable bonds is 2. The lowest BCUT2D eigenvalue weighted by atomic mass is 10.1. The molecule has 4 heterocycles. The van der Waals surface area contributed by atoms with Crippen LogP contribution in [0.25, 0.3) is 22.1 Å². The van der Waals surface area contributed by atoms with Crippen molar-refractivity contribution in [3.05, 3.63) is 28.9 Å². The van der Waals surface area contributed by atoms with Gasteiger partial charge >= 0.3 is 5.69 Å². The van der Waals surface area contributed by atoms with Gasteiger partial charge in [-0.3, -0.25) is 9.36 Å². The Balaban J connectivity index is 1.81. The number of pyridine rings is 1. The lowest BCUT2D eigenvalue weighted by Crippen LogP contribution is -2.37. The van der Waals surface area contributed by atoms with E-state index in [2.05, 4.69) is 15.0 Å². The quantitative estimate of drug-likeness (QED) is 0.740. The van der Waals surface area contributed by atoms with Gasteiger partial charge < -0.3 is 14.9 Å². The molecule has 0 saturated carbocycles. The van der Waals surface area contributed by atoms with E-state index in [4.69, 9.17) is 5.26 Å². The molecule has 25 heavy (non-hydrogen) atoms. The number of fused-ring (bicyclic) bond motifs is 3. The second-order valence-corrected chi connectivity index (χ2v) is 6.38. The van der Waals surface area contributed by atoms with Gasteiger partial charge in [0.25, 0.3) is 0 Å². The van der Waals surface area contributed by atoms with Crippen molar-refractivity contribution in [3.63, 3.8) is 0 Å². The minimum Gasteiger partial charge on any atom is -0.346 e. The molecule has 3 aromatic rings. The maximum absolute atomic E-state index is 12.6. The first-order chi connectivity index (χ1) is 12.2. The van der Waals surface area contributed by atoms with E-state index in [9.17, 15) is 9.59 Å². The van der Waals surface area contributed by atoms with Crippen molar-refractivity contribution in [2.24, 2.45) is 0 Å². The monoisotopic (exact) mass is 338 g/mol. The molecule has 1 amide bonds. The molecule has 0 aliphatic carbocycles. The van der Waals surface area contributed by atoms with Crippen LogP contribution >= 0.6 is 0 Å². The third-order valence-electron chi connectivity index (χ3n) is 4.85. The van der Waals surface area contributed by atoms with Gasteiger partial charge in [0, 0.05) is 24.7 Å². The minimum absolute atomic E-state index is 0.119. The summed E-state index contributed by atoms with van der Waals surface area (Å²) >= 11 is 0. The van der Waals surface area contributed by atoms with E-state index < -0.39 is 0 Å². The summed E-state index contributed by atoms with van der Waals surface area (Å²) in [7, 11) is 0. The summed E-state index contributed by atoms with van der Waals surface area (Å²) in [5.74, 6) is -0.171. The van der Waals surface area contributed by atoms with E-state index in [1.165, 1.54) is 0 Å². The number of nitriles is 1. The number of likely N-dealkylation sites (tertiary alicyclic amines) is 1. The molecule has 0 spiro atoms. The summed E-state index contributed by atoms with van der Waals surface area (Å²) in [5, 5.41) is 9.68. The Hall–Kier alpha value is -3.08. The molecule has 0 bridgehead atoms. The van der Waals surface area contributed by atoms with Gasteiger partial charge in [-0.05, 0) is 25.3 Å². The lowest BCUT2D eigenvalue weighted by Gasteiger charge is -2.24. The molecule has 1 unspecified atom stereocenters. The van der Waals surface area contributed by atoms with Gasteiger partial charge in [0.1, 0.15) is 12.1 Å². The second-order valence-electron chi connectivity index (χ2n) is 6.38. The van der Waals surface area contributed by atoms with Crippen molar-refractivity contribution >= 4 is 28.0 Å². The highest BCUT2D eigenvalue weighted by Gasteiger charge is 2.26. The van der Waals surface area contributed by atoms with Gasteiger partial charge in [-0.15, -0.1) is 0 Å². The fourth-order valence-corrected chi connectivity index (χ4v) is 3.71. The number of aromatic amines is 2. The van der Waals surface area contributed by atoms with Gasteiger partial charge in [0.15, 0.2) is 0 Å². The standard InChI is InChI=1S/C17H18N6O2/c18-6-4-14(24)22-8-2-1-3-11(10-22)23-15-12-5-7-19-16(12)20-9-13(15)21-17(23)25/h5,7,9,11H,1-4,8,10H2,(H,19,20)(H,21,25). The predicted octanol–water partition coefficient (Wildman–Crippen LogP) is 1.67. The Bertz CT molecular complexity index is 1040. The maximum Gasteiger partial charge on any atom is 0.326 e. The first-order valence-electron chi connectivity index (χ1n) is 8.40. The highest BCUT2D eigenvalue weighted by Crippen LogP contribution is 2.27. The summed E-state index contributed by atoms with van der Waals surface area (Å²) in [6, 6.07) is 3.71. The van der Waals surface area contributed by atoms with Crippen LogP contribution in [0.2, 0.25) is 0 Å². The van der Waals surface area contributed by atoms with Crippen molar-refractivity contribution in [2.75, 3.05) is 13.1 Å². The Kier molecular flexibility index (Phi) is 3.76. The van der Waals surface area contributed by atoms with Crippen molar-refractivity contribution < 1.29 is 4.79 Å². The molecular formula is C17H18N6O2. The van der Waals surface area contributed by atoms with Gasteiger partial charge in [-0.2, -0.15) is 5.26 Å². The molecular weight excluding hydrogens is 320 g/mol. The van der Waals surface area contributed by atoms with Crippen LogP contribution in [0.4, 0.5) is 0 Å². The largest absolute Gasteiger partial charge is 0.346 e. The van der Waals surface area contributed by atoms with Gasteiger partial charge in [-0.1, -0.05) is 0 Å². The third-order valence-corrected chi connectivity index (χ3v) is 4.85. The molecule has 2 N–H and O–H groups in total. The Morgan fingerprint density at radius 1 is 1.44 bits per heavy atom. The third kappa shape index (κ3) is 2.58. The van der Waals surface area contributed by atoms with Gasteiger partial charge in [0.2, 0.25) is 5.91 Å². The molecule has 1 fully saturated rings. The van der Waals surface area contributed by atoms with Crippen LogP contribution in [0.5, 0.6) is 0 Å². The van der Waals surface area contributed by atoms with Crippen LogP contribution < -0.4 is 5.69 Å². The number of H-pyrrole nitrogens is 2. The van der Waals surface area contributed by atoms with Crippen LogP contribution in [0.15, 0.2) is 23.3 Å². The number of aromatic nitrogens is 4. The lowest BCUT2D eigenvalue weighted by molar-refractivity contribution is -0.130. The highest BCUT2D eigenvalue weighted by atomic mass is 16.2. The number of amides is 1. The van der Waals surface area contributed by atoms with Crippen LogP contribution in [0, 0.1) is 11.3 Å². The van der Waals surface area contributed by atoms with Crippen molar-refractivity contribution in [1.82, 2.24) is 24.4 Å². The van der Waals surface area contributed by atoms with E-state index in [1.807, 2.05) is 12.1 Å². The van der Waals surface area contributed by atoms with Gasteiger partial charge in [-0.25, -0.2) is 9.78 Å². The number of carbonyl (C=O) groups excluding carboxylic acids is 1. The van der Waals surface area contributed by atoms with Crippen LogP contribution in [-0.2, 0) is 4.79 Å². The SMILES string of the molecule is N#CCC(=O)N1CCCCC(n2c(=O)[nH]c3cnc4[nH]ccc4c32)C1. The van der Waals surface area contributed by atoms with Crippen molar-refractivity contribution in [1.29, 1.82) is 5.26 Å². The first-order valence-corrected chi connectivity index (χ1v) is 8.40. The zero-order chi connectivity index (χ0) is 17.4. The smallest absolute Gasteiger partial charge is 0.326 e. The minimum atomic E-state index is -0.190. The fraction of sp³-hybridized carbons (Fsp3) is 0.412. The Morgan fingerprint density at radius 2 is 2.32 bits per heavy atom. The summed E-state index contributed by atoms with van der Waals surface area (Å²) in [5.41, 5.74) is 2.04. The summed E-state index contributed by atoms with van der Waals surface area (Å²) < 4.78 is 1.76. The molecule has 3 aromatic heterocycles. The zero-order valence-electron chi connectivity index (χ0n) is 13.7. The summed E-state index contributed by atoms with van der Waals surface area (Å²) in [4.78, 5) is 36.8. The number of imidazole rings is 1. The summed E-state index contributed by atoms with van der Waals surface area (Å²) in [6.07, 6.45) is 5.96. The first kappa shape index (κ1) is 15.4. The van der Waals surface area contributed by atoms with Gasteiger partial charge in [0.05, 0.1) is 29.3 Å². The maximum atomic E-state index is 12.6. The molecule has 1 saturated heterocycles. The predicted molar refractivity (Wildman–Crippen MR) is 91.9 cm³/mol. The molecule has 8 nitrogen and oxygen atoms in total. The average Bonchev–Trinajstić information content (AvgIpc) is 3.11. The molecule has 0 aromatic carbocycles. The Morgan fingerprint density at radius 3 is 3.16 bits per heavy atom. The van der Waals surface area contributed by atoms with Crippen LogP contribution in [-0.4, -0.2) is 43.4 Å². The molecule has 4 rings (SSSR count). The number of nitrogens with zero attached hydrogens (tertiary/aromatic N) is 4. The number of carbonyl (C=O) groups is 1. The number of hydrogen-bond donors (Lipinski definition) is 2. The van der Waals surface area contributed by atoms with Crippen molar-refractivity contribution in [3.8, 4) is 6.07 Å². The molecule has 1 aliphatic heterocycles. The zero-order valence-corrected chi connectivity index (χ0v) is 13.7. The average molecular weight is 338 g/mol. The van der Waals surface area contributed by atoms with Crippen molar-refractivity contribution in [2.45, 2.75) is 31.7 Å². The fourth-order valence-electron chi connectivity index (χ4n) is 3.71. The Labute approximate surface area is 143 Å². The van der Waals surface area contributed by atoms with E-state index in [-0.39, 0.29) is 24.1 Å². The molecule has 128 valence electrons. The molecule has 1 atom stereocenters. The molecule has 0 radical (unpaired) electrons. The number of nitrogens with one attached hydrogen (secondary N) is 2. The number of hydrogen-bond acceptors (Lipinski definition) is 4. The molecule has 8 heteroatoms. The normalized spacial score (nSPS) is 18.4. The topological polar surface area (TPSA) is 111 Å². The second kappa shape index (κ2) is 6.09. The van der Waals surface area contributed by atoms with Crippen LogP contribution in [0.1, 0.15) is 31.7 Å². The van der Waals surface area contributed by atoms with E-state index >= 15 is 0 Å². The van der Waals surface area contributed by atoms with E-state index in [0.29, 0.717) is 18.6 Å². The highest BCUT2D eigenvalue weighted by molar-refractivity contribution is 6.00. The van der Waals surface area contributed by atoms with Crippen LogP contribution in [0.3, 0.4) is 0 Å². The van der Waals surface area contributed by atoms with E-state index in [1.54, 1.807) is 21.9 Å². The summed E-state index contributed by atoms with van der Waals surface area (Å²) in [6.45, 7) is 1.08. The molecule has 1 aliphatic rings.